The topological polar surface area (TPSA) is 161 Å². The first-order valence-corrected chi connectivity index (χ1v) is 28.0. The summed E-state index contributed by atoms with van der Waals surface area (Å²) < 4.78 is 27.2. The molecule has 2 aromatic heterocycles. The molecular formula is C54H59Br2Cl3F2N12O2. The van der Waals surface area contributed by atoms with Gasteiger partial charge in [-0.25, -0.2) is 28.7 Å². The van der Waals surface area contributed by atoms with E-state index in [1.54, 1.807) is 24.3 Å². The van der Waals surface area contributed by atoms with Crippen LogP contribution >= 0.6 is 66.7 Å². The number of nitrogen functional groups attached to an aromatic ring is 1. The quantitative estimate of drug-likeness (QED) is 0.0420. The van der Waals surface area contributed by atoms with Crippen LogP contribution in [0.5, 0.6) is 0 Å². The average Bonchev–Trinajstić information content (AvgIpc) is 3.93. The zero-order valence-electron chi connectivity index (χ0n) is 41.7. The number of aromatic nitrogens is 4. The first-order valence-electron chi connectivity index (χ1n) is 24.6. The number of nitrogens with one attached hydrogen (secondary N) is 3. The molecule has 396 valence electrons. The number of alkyl halides is 2. The summed E-state index contributed by atoms with van der Waals surface area (Å²) in [7, 11) is 4.39. The second-order valence-corrected chi connectivity index (χ2v) is 22.2. The molecule has 5 N–H and O–H groups in total. The number of benzene rings is 4. The summed E-state index contributed by atoms with van der Waals surface area (Å²) in [6.07, 6.45) is 16.4. The van der Waals surface area contributed by atoms with Gasteiger partial charge in [0.1, 0.15) is 35.9 Å². The summed E-state index contributed by atoms with van der Waals surface area (Å²) in [6, 6.07) is 16.8. The van der Waals surface area contributed by atoms with Crippen LogP contribution < -0.4 is 31.5 Å². The number of carbonyl (C=O) groups excluding carboxylic acids is 2. The second-order valence-electron chi connectivity index (χ2n) is 19.7. The Kier molecular flexibility index (Phi) is 18.9. The Balaban J connectivity index is 0.000000179. The first-order chi connectivity index (χ1) is 36.0. The van der Waals surface area contributed by atoms with E-state index in [2.05, 4.69) is 108 Å². The molecule has 4 aliphatic heterocycles. The molecular weight excluding hydrogens is 1150 g/mol. The van der Waals surface area contributed by atoms with Crippen LogP contribution in [-0.2, 0) is 9.59 Å². The fourth-order valence-corrected chi connectivity index (χ4v) is 11.6. The molecule has 21 heteroatoms. The lowest BCUT2D eigenvalue weighted by Crippen LogP contribution is -2.45. The van der Waals surface area contributed by atoms with E-state index in [4.69, 9.17) is 40.5 Å². The Labute approximate surface area is 467 Å². The molecule has 75 heavy (non-hydrogen) atoms. The molecule has 2 unspecified atom stereocenters. The molecule has 14 nitrogen and oxygen atoms in total. The summed E-state index contributed by atoms with van der Waals surface area (Å²) in [6.45, 7) is 8.40. The maximum atomic E-state index is 13.7. The van der Waals surface area contributed by atoms with Gasteiger partial charge in [0.25, 0.3) is 0 Å². The maximum Gasteiger partial charge on any atom is 0.248 e. The largest absolute Gasteiger partial charge is 0.397 e. The molecule has 6 aromatic rings. The van der Waals surface area contributed by atoms with Gasteiger partial charge in [0.05, 0.1) is 43.8 Å². The van der Waals surface area contributed by atoms with Gasteiger partial charge < -0.3 is 41.3 Å². The van der Waals surface area contributed by atoms with E-state index < -0.39 is 16.9 Å². The van der Waals surface area contributed by atoms with Gasteiger partial charge in [0.15, 0.2) is 0 Å². The molecule has 10 rings (SSSR count). The highest BCUT2D eigenvalue weighted by atomic mass is 79.9. The number of hydrogen-bond donors (Lipinski definition) is 4. The molecule has 0 saturated carbocycles. The van der Waals surface area contributed by atoms with Gasteiger partial charge in [-0.1, -0.05) is 67.2 Å². The number of carbonyl (C=O) groups is 2. The number of allylic oxidation sites excluding steroid dienone is 3. The highest BCUT2D eigenvalue weighted by Gasteiger charge is 2.42. The lowest BCUT2D eigenvalue weighted by atomic mass is 9.79. The second kappa shape index (κ2) is 25.3. The van der Waals surface area contributed by atoms with Gasteiger partial charge in [0, 0.05) is 89.0 Å². The van der Waals surface area contributed by atoms with Crippen molar-refractivity contribution in [3.63, 3.8) is 0 Å². The minimum Gasteiger partial charge on any atom is -0.397 e. The monoisotopic (exact) mass is 1210 g/mol. The Morgan fingerprint density at radius 2 is 1.16 bits per heavy atom. The van der Waals surface area contributed by atoms with Gasteiger partial charge in [-0.15, -0.1) is 0 Å². The number of hydrogen-bond acceptors (Lipinski definition) is 13. The molecule has 6 heterocycles. The normalized spacial score (nSPS) is 20.0. The SMILES string of the molecule is CN1CCC2(CCCN(c3cc4ncnc(Nc5ccc(F)c(Cl)c5)c4cc3N)C2)C1.CN1CCC2(CCCN(c3cc4ncnc(Nc5ccc(F)c(Cl)c5)c4cc3NC(=O)/C=C/CBr)C2)C1.O=C(Cl)/C=C/CBr. The van der Waals surface area contributed by atoms with Crippen molar-refractivity contribution in [2.45, 2.75) is 38.5 Å². The van der Waals surface area contributed by atoms with Crippen LogP contribution in [0, 0.1) is 22.5 Å². The number of anilines is 8. The molecule has 4 aliphatic rings. The number of fused-ring (bicyclic) bond motifs is 2. The highest BCUT2D eigenvalue weighted by Crippen LogP contribution is 2.44. The third kappa shape index (κ3) is 14.2. The molecule has 2 atom stereocenters. The molecule has 2 spiro atoms. The molecule has 4 fully saturated rings. The zero-order chi connectivity index (χ0) is 53.3. The third-order valence-electron chi connectivity index (χ3n) is 14.1. The zero-order valence-corrected chi connectivity index (χ0v) is 47.1. The highest BCUT2D eigenvalue weighted by molar-refractivity contribution is 9.09. The summed E-state index contributed by atoms with van der Waals surface area (Å²) in [5.41, 5.74) is 13.4. The van der Waals surface area contributed by atoms with E-state index in [1.165, 1.54) is 81.2 Å². The number of nitrogens with two attached hydrogens (primary N) is 1. The number of halogens is 7. The lowest BCUT2D eigenvalue weighted by Gasteiger charge is -2.42. The fraction of sp³-hybridized carbons (Fsp3) is 0.370. The number of piperidine rings is 2. The van der Waals surface area contributed by atoms with E-state index in [1.807, 2.05) is 18.2 Å². The first kappa shape index (κ1) is 56.0. The summed E-state index contributed by atoms with van der Waals surface area (Å²) >= 11 is 23.2. The van der Waals surface area contributed by atoms with Crippen LogP contribution in [0.2, 0.25) is 10.0 Å². The van der Waals surface area contributed by atoms with Gasteiger partial charge in [-0.3, -0.25) is 9.59 Å². The summed E-state index contributed by atoms with van der Waals surface area (Å²) in [5.74, 6) is 0.000801. The van der Waals surface area contributed by atoms with Crippen LogP contribution in [0.1, 0.15) is 38.5 Å². The van der Waals surface area contributed by atoms with E-state index in [-0.39, 0.29) is 21.4 Å². The Morgan fingerprint density at radius 3 is 1.63 bits per heavy atom. The fourth-order valence-electron chi connectivity index (χ4n) is 10.7. The molecule has 4 saturated heterocycles. The van der Waals surface area contributed by atoms with Crippen molar-refractivity contribution >= 4 is 145 Å². The van der Waals surface area contributed by atoms with Gasteiger partial charge in [0.2, 0.25) is 11.1 Å². The minimum absolute atomic E-state index is 0.0220. The van der Waals surface area contributed by atoms with Gasteiger partial charge in [-0.05, 0) is 144 Å². The predicted octanol–water partition coefficient (Wildman–Crippen LogP) is 12.4. The van der Waals surface area contributed by atoms with Crippen molar-refractivity contribution < 1.29 is 18.4 Å². The third-order valence-corrected chi connectivity index (χ3v) is 15.6. The van der Waals surface area contributed by atoms with Crippen LogP contribution in [0.15, 0.2) is 97.6 Å². The van der Waals surface area contributed by atoms with Crippen LogP contribution in [0.25, 0.3) is 21.8 Å². The summed E-state index contributed by atoms with van der Waals surface area (Å²) in [5, 5.41) is 12.0. The number of rotatable bonds is 11. The molecule has 1 amide bonds. The molecule has 0 bridgehead atoms. The average molecular weight is 1210 g/mol. The molecule has 0 radical (unpaired) electrons. The van der Waals surface area contributed by atoms with Crippen molar-refractivity contribution in [3.8, 4) is 0 Å². The van der Waals surface area contributed by atoms with Crippen LogP contribution in [-0.4, -0.2) is 118 Å². The van der Waals surface area contributed by atoms with Crippen LogP contribution in [0.4, 0.5) is 54.5 Å². The number of likely N-dealkylation sites (tertiary alicyclic amines) is 2. The van der Waals surface area contributed by atoms with Crippen molar-refractivity contribution in [2.24, 2.45) is 10.8 Å². The molecule has 4 aromatic carbocycles. The Morgan fingerprint density at radius 1 is 0.667 bits per heavy atom. The van der Waals surface area contributed by atoms with Gasteiger partial charge >= 0.3 is 0 Å². The van der Waals surface area contributed by atoms with E-state index in [9.17, 15) is 18.4 Å². The summed E-state index contributed by atoms with van der Waals surface area (Å²) in [4.78, 5) is 50.1. The van der Waals surface area contributed by atoms with Gasteiger partial charge in [-0.2, -0.15) is 0 Å². The van der Waals surface area contributed by atoms with Crippen molar-refractivity contribution in [3.05, 3.63) is 119 Å². The number of amides is 1. The minimum atomic E-state index is -0.487. The van der Waals surface area contributed by atoms with E-state index in [0.29, 0.717) is 50.5 Å². The van der Waals surface area contributed by atoms with E-state index in [0.717, 1.165) is 92.0 Å². The predicted molar refractivity (Wildman–Crippen MR) is 310 cm³/mol. The van der Waals surface area contributed by atoms with Crippen molar-refractivity contribution in [1.29, 1.82) is 0 Å². The van der Waals surface area contributed by atoms with E-state index >= 15 is 0 Å². The maximum absolute atomic E-state index is 13.7. The van der Waals surface area contributed by atoms with Crippen molar-refractivity contribution in [2.75, 3.05) is 109 Å². The Bertz CT molecular complexity index is 3100. The Hall–Kier alpha value is -5.21. The molecule has 0 aliphatic carbocycles. The standard InChI is InChI=1S/C27H29BrClFN6O.C23H26ClFN6.C4H4BrClO/c1-35-11-8-27(15-35)7-3-10-36(16-27)24-14-22-19(13-23(24)34-25(37)4-2-9-28)26(32-17-31-22)33-18-5-6-21(30)20(29)12-18;1-30-8-6-23(12-30)5-2-7-31(13-23)21-11-20-16(10-19(21)26)22(28-14-27-20)29-15-3-4-18(25)17(24)9-15;5-3-1-2-4(6)7/h2,4-6,12-14,17H,3,7-11,15-16H2,1H3,(H,34,37)(H,31,32,33);3-4,9-11,14H,2,5-8,12-13,26H2,1H3,(H,27,28,29);1-2H,3H2/b4-2+;;2-1+. The number of nitrogens with zero attached hydrogens (tertiary/aromatic N) is 8. The van der Waals surface area contributed by atoms with Crippen molar-refractivity contribution in [1.82, 2.24) is 29.7 Å². The smallest absolute Gasteiger partial charge is 0.248 e. The lowest BCUT2D eigenvalue weighted by molar-refractivity contribution is -0.112. The van der Waals surface area contributed by atoms with Crippen LogP contribution in [0.3, 0.4) is 0 Å².